The molecule has 0 radical (unpaired) electrons. The van der Waals surface area contributed by atoms with Gasteiger partial charge >= 0.3 is 0 Å². The molecule has 0 fully saturated rings. The first-order chi connectivity index (χ1) is 9.24. The smallest absolute Gasteiger partial charge is 0.123 e. The van der Waals surface area contributed by atoms with E-state index in [0.717, 1.165) is 17.9 Å². The molecule has 0 aliphatic carbocycles. The van der Waals surface area contributed by atoms with Crippen LogP contribution < -0.4 is 15.8 Å². The molecular formula is C15H15ClN2O. The van der Waals surface area contributed by atoms with Crippen LogP contribution in [0.4, 0.5) is 11.4 Å². The zero-order valence-corrected chi connectivity index (χ0v) is 11.2. The standard InChI is InChI=1S/C15H15ClN2O/c16-12-5-3-6-13(17)15(12)18-9-11-8-10-4-1-2-7-14(10)19-11/h1-7,11,18H,8-9,17H2. The first kappa shape index (κ1) is 12.2. The quantitative estimate of drug-likeness (QED) is 0.844. The van der Waals surface area contributed by atoms with Crippen LogP contribution in [0.2, 0.25) is 5.02 Å². The van der Waals surface area contributed by atoms with Crippen molar-refractivity contribution in [3.05, 3.63) is 53.1 Å². The van der Waals surface area contributed by atoms with Gasteiger partial charge in [0.25, 0.3) is 0 Å². The zero-order valence-electron chi connectivity index (χ0n) is 10.4. The van der Waals surface area contributed by atoms with E-state index in [2.05, 4.69) is 11.4 Å². The van der Waals surface area contributed by atoms with Gasteiger partial charge in [-0.3, -0.25) is 0 Å². The molecule has 3 nitrogen and oxygen atoms in total. The first-order valence-electron chi connectivity index (χ1n) is 6.26. The van der Waals surface area contributed by atoms with Crippen LogP contribution in [-0.2, 0) is 6.42 Å². The third kappa shape index (κ3) is 2.47. The van der Waals surface area contributed by atoms with Crippen molar-refractivity contribution in [2.24, 2.45) is 0 Å². The number of rotatable bonds is 3. The Kier molecular flexibility index (Phi) is 3.22. The topological polar surface area (TPSA) is 47.3 Å². The van der Waals surface area contributed by atoms with Gasteiger partial charge in [0.1, 0.15) is 11.9 Å². The fourth-order valence-electron chi connectivity index (χ4n) is 2.31. The molecule has 1 aliphatic rings. The van der Waals surface area contributed by atoms with E-state index in [-0.39, 0.29) is 6.10 Å². The molecule has 1 atom stereocenters. The summed E-state index contributed by atoms with van der Waals surface area (Å²) in [6, 6.07) is 13.6. The molecule has 0 saturated heterocycles. The molecule has 2 aromatic carbocycles. The maximum absolute atomic E-state index is 6.12. The molecule has 0 saturated carbocycles. The van der Waals surface area contributed by atoms with Crippen LogP contribution in [0.1, 0.15) is 5.56 Å². The van der Waals surface area contributed by atoms with Crippen LogP contribution in [0.15, 0.2) is 42.5 Å². The number of para-hydroxylation sites is 2. The molecule has 2 aromatic rings. The molecule has 1 unspecified atom stereocenters. The molecular weight excluding hydrogens is 260 g/mol. The highest BCUT2D eigenvalue weighted by Gasteiger charge is 2.22. The molecule has 0 bridgehead atoms. The van der Waals surface area contributed by atoms with E-state index in [1.807, 2.05) is 36.4 Å². The second kappa shape index (κ2) is 5.02. The third-order valence-corrected chi connectivity index (χ3v) is 3.58. The van der Waals surface area contributed by atoms with Crippen LogP contribution in [0.3, 0.4) is 0 Å². The minimum Gasteiger partial charge on any atom is -0.488 e. The Morgan fingerprint density at radius 1 is 1.21 bits per heavy atom. The number of nitrogens with two attached hydrogens (primary N) is 1. The number of anilines is 2. The summed E-state index contributed by atoms with van der Waals surface area (Å²) >= 11 is 6.12. The van der Waals surface area contributed by atoms with Crippen molar-refractivity contribution in [3.63, 3.8) is 0 Å². The van der Waals surface area contributed by atoms with Crippen LogP contribution in [-0.4, -0.2) is 12.6 Å². The predicted octanol–water partition coefficient (Wildman–Crippen LogP) is 3.34. The van der Waals surface area contributed by atoms with Crippen LogP contribution in [0.5, 0.6) is 5.75 Å². The van der Waals surface area contributed by atoms with E-state index in [0.29, 0.717) is 17.3 Å². The average Bonchev–Trinajstić information content (AvgIpc) is 2.81. The van der Waals surface area contributed by atoms with E-state index in [1.165, 1.54) is 5.56 Å². The Bertz CT molecular complexity index is 555. The van der Waals surface area contributed by atoms with Crippen molar-refractivity contribution in [1.82, 2.24) is 0 Å². The molecule has 19 heavy (non-hydrogen) atoms. The first-order valence-corrected chi connectivity index (χ1v) is 6.64. The maximum Gasteiger partial charge on any atom is 0.123 e. The van der Waals surface area contributed by atoms with Crippen molar-refractivity contribution >= 4 is 23.0 Å². The van der Waals surface area contributed by atoms with Gasteiger partial charge in [-0.05, 0) is 23.8 Å². The number of hydrogen-bond donors (Lipinski definition) is 2. The van der Waals surface area contributed by atoms with Crippen molar-refractivity contribution in [3.8, 4) is 5.75 Å². The predicted molar refractivity (Wildman–Crippen MR) is 78.9 cm³/mol. The Morgan fingerprint density at radius 2 is 2.05 bits per heavy atom. The highest BCUT2D eigenvalue weighted by molar-refractivity contribution is 6.33. The third-order valence-electron chi connectivity index (χ3n) is 3.27. The largest absolute Gasteiger partial charge is 0.488 e. The van der Waals surface area contributed by atoms with Gasteiger partial charge < -0.3 is 15.8 Å². The van der Waals surface area contributed by atoms with E-state index >= 15 is 0 Å². The summed E-state index contributed by atoms with van der Waals surface area (Å²) in [5.74, 6) is 0.974. The summed E-state index contributed by atoms with van der Waals surface area (Å²) < 4.78 is 5.86. The summed E-state index contributed by atoms with van der Waals surface area (Å²) in [7, 11) is 0. The molecule has 4 heteroatoms. The summed E-state index contributed by atoms with van der Waals surface area (Å²) in [4.78, 5) is 0. The highest BCUT2D eigenvalue weighted by atomic mass is 35.5. The second-order valence-electron chi connectivity index (χ2n) is 4.64. The number of hydrogen-bond acceptors (Lipinski definition) is 3. The van der Waals surface area contributed by atoms with Crippen LogP contribution >= 0.6 is 11.6 Å². The van der Waals surface area contributed by atoms with Crippen LogP contribution in [0, 0.1) is 0 Å². The fourth-order valence-corrected chi connectivity index (χ4v) is 2.56. The van der Waals surface area contributed by atoms with Gasteiger partial charge in [-0.2, -0.15) is 0 Å². The normalized spacial score (nSPS) is 16.8. The number of benzene rings is 2. The monoisotopic (exact) mass is 274 g/mol. The van der Waals surface area contributed by atoms with Gasteiger partial charge in [-0.15, -0.1) is 0 Å². The summed E-state index contributed by atoms with van der Waals surface area (Å²) in [5, 5.41) is 3.91. The summed E-state index contributed by atoms with van der Waals surface area (Å²) in [6.07, 6.45) is 1.03. The lowest BCUT2D eigenvalue weighted by Crippen LogP contribution is -2.24. The molecule has 98 valence electrons. The van der Waals surface area contributed by atoms with Gasteiger partial charge in [0, 0.05) is 6.42 Å². The van der Waals surface area contributed by atoms with Gasteiger partial charge in [0.15, 0.2) is 0 Å². The number of nitrogen functional groups attached to an aromatic ring is 1. The van der Waals surface area contributed by atoms with Crippen molar-refractivity contribution in [2.75, 3.05) is 17.6 Å². The van der Waals surface area contributed by atoms with E-state index in [9.17, 15) is 0 Å². The SMILES string of the molecule is Nc1cccc(Cl)c1NCC1Cc2ccccc2O1. The lowest BCUT2D eigenvalue weighted by Gasteiger charge is -2.15. The van der Waals surface area contributed by atoms with Gasteiger partial charge in [-0.1, -0.05) is 35.9 Å². The van der Waals surface area contributed by atoms with Crippen molar-refractivity contribution in [1.29, 1.82) is 0 Å². The van der Waals surface area contributed by atoms with Crippen LogP contribution in [0.25, 0.3) is 0 Å². The lowest BCUT2D eigenvalue weighted by molar-refractivity contribution is 0.246. The molecule has 1 heterocycles. The highest BCUT2D eigenvalue weighted by Crippen LogP contribution is 2.30. The van der Waals surface area contributed by atoms with Crippen molar-refractivity contribution in [2.45, 2.75) is 12.5 Å². The lowest BCUT2D eigenvalue weighted by atomic mass is 10.1. The Labute approximate surface area is 117 Å². The minimum absolute atomic E-state index is 0.119. The van der Waals surface area contributed by atoms with Crippen molar-refractivity contribution < 1.29 is 4.74 Å². The van der Waals surface area contributed by atoms with Gasteiger partial charge in [0.05, 0.1) is 22.9 Å². The molecule has 0 spiro atoms. The van der Waals surface area contributed by atoms with Gasteiger partial charge in [-0.25, -0.2) is 0 Å². The number of fused-ring (bicyclic) bond motifs is 1. The number of nitrogens with one attached hydrogen (secondary N) is 1. The van der Waals surface area contributed by atoms with E-state index in [4.69, 9.17) is 22.1 Å². The molecule has 1 aliphatic heterocycles. The minimum atomic E-state index is 0.119. The average molecular weight is 275 g/mol. The number of ether oxygens (including phenoxy) is 1. The maximum atomic E-state index is 6.12. The molecule has 3 rings (SSSR count). The van der Waals surface area contributed by atoms with E-state index in [1.54, 1.807) is 0 Å². The second-order valence-corrected chi connectivity index (χ2v) is 5.04. The Morgan fingerprint density at radius 3 is 2.84 bits per heavy atom. The summed E-state index contributed by atoms with van der Waals surface area (Å²) in [5.41, 5.74) is 8.59. The fraction of sp³-hybridized carbons (Fsp3) is 0.200. The zero-order chi connectivity index (χ0) is 13.2. The molecule has 0 amide bonds. The molecule has 0 aromatic heterocycles. The van der Waals surface area contributed by atoms with Gasteiger partial charge in [0.2, 0.25) is 0 Å². The number of halogens is 1. The van der Waals surface area contributed by atoms with E-state index < -0.39 is 0 Å². The summed E-state index contributed by atoms with van der Waals surface area (Å²) in [6.45, 7) is 0.683. The Balaban J connectivity index is 1.66. The molecule has 3 N–H and O–H groups in total. The Hall–Kier alpha value is -1.87.